The molecule has 102 valence electrons. The summed E-state index contributed by atoms with van der Waals surface area (Å²) in [6.45, 7) is 1.28. The number of hydrogen-bond acceptors (Lipinski definition) is 6. The first-order valence-electron chi connectivity index (χ1n) is 5.63. The second-order valence-electron chi connectivity index (χ2n) is 3.67. The maximum atomic E-state index is 12.1. The molecule has 0 aliphatic heterocycles. The van der Waals surface area contributed by atoms with Crippen molar-refractivity contribution < 1.29 is 13.9 Å². The van der Waals surface area contributed by atoms with Gasteiger partial charge in [0.25, 0.3) is 0 Å². The van der Waals surface area contributed by atoms with E-state index in [-0.39, 0.29) is 6.03 Å². The summed E-state index contributed by atoms with van der Waals surface area (Å²) in [6.07, 6.45) is 1.58. The number of urea groups is 1. The van der Waals surface area contributed by atoms with E-state index in [0.29, 0.717) is 30.6 Å². The largest absolute Gasteiger partial charge is 0.467 e. The van der Waals surface area contributed by atoms with Crippen molar-refractivity contribution in [1.29, 1.82) is 0 Å². The Morgan fingerprint density at radius 2 is 2.53 bits per heavy atom. The van der Waals surface area contributed by atoms with Crippen molar-refractivity contribution in [1.82, 2.24) is 15.1 Å². The second kappa shape index (κ2) is 6.86. The quantitative estimate of drug-likeness (QED) is 0.874. The molecule has 2 amide bonds. The van der Waals surface area contributed by atoms with E-state index >= 15 is 0 Å². The highest BCUT2D eigenvalue weighted by atomic mass is 32.1. The summed E-state index contributed by atoms with van der Waals surface area (Å²) < 4.78 is 10.2. The summed E-state index contributed by atoms with van der Waals surface area (Å²) in [7, 11) is 1.59. The van der Waals surface area contributed by atoms with Crippen molar-refractivity contribution in [3.8, 4) is 0 Å². The lowest BCUT2D eigenvalue weighted by atomic mass is 10.4. The van der Waals surface area contributed by atoms with E-state index in [2.05, 4.69) is 15.5 Å². The van der Waals surface area contributed by atoms with Crippen LogP contribution < -0.4 is 5.32 Å². The Kier molecular flexibility index (Phi) is 4.87. The van der Waals surface area contributed by atoms with Crippen LogP contribution in [-0.4, -0.2) is 41.4 Å². The Bertz CT molecular complexity index is 486. The van der Waals surface area contributed by atoms with E-state index < -0.39 is 0 Å². The lowest BCUT2D eigenvalue weighted by molar-refractivity contribution is 0.149. The predicted molar refractivity (Wildman–Crippen MR) is 69.9 cm³/mol. The van der Waals surface area contributed by atoms with Gasteiger partial charge in [0.05, 0.1) is 19.4 Å². The van der Waals surface area contributed by atoms with E-state index in [1.54, 1.807) is 29.8 Å². The number of anilines is 1. The van der Waals surface area contributed by atoms with Crippen LogP contribution in [0.15, 0.2) is 28.3 Å². The number of methoxy groups -OCH3 is 1. The topological polar surface area (TPSA) is 80.5 Å². The first kappa shape index (κ1) is 13.5. The Hall–Kier alpha value is -1.93. The fourth-order valence-corrected chi connectivity index (χ4v) is 1.88. The molecule has 0 aromatic carbocycles. The van der Waals surface area contributed by atoms with E-state index in [9.17, 15) is 4.79 Å². The van der Waals surface area contributed by atoms with Gasteiger partial charge in [-0.25, -0.2) is 4.79 Å². The Labute approximate surface area is 114 Å². The number of nitrogens with one attached hydrogen (secondary N) is 1. The standard InChI is InChI=1S/C11H14N4O3S/c1-17-6-4-15(7-9-3-2-5-18-9)11(16)13-10-14-12-8-19-10/h2-3,5,8H,4,6-7H2,1H3,(H,13,14,16). The van der Waals surface area contributed by atoms with Crippen molar-refractivity contribution in [2.45, 2.75) is 6.54 Å². The van der Waals surface area contributed by atoms with Gasteiger partial charge < -0.3 is 14.1 Å². The third kappa shape index (κ3) is 4.04. The number of hydrogen-bond donors (Lipinski definition) is 1. The molecule has 0 aliphatic carbocycles. The van der Waals surface area contributed by atoms with Gasteiger partial charge in [-0.3, -0.25) is 5.32 Å². The zero-order chi connectivity index (χ0) is 13.5. The van der Waals surface area contributed by atoms with Gasteiger partial charge >= 0.3 is 6.03 Å². The second-order valence-corrected chi connectivity index (χ2v) is 4.50. The lowest BCUT2D eigenvalue weighted by Crippen LogP contribution is -2.36. The average Bonchev–Trinajstić information content (AvgIpc) is 3.07. The van der Waals surface area contributed by atoms with Crippen molar-refractivity contribution in [2.75, 3.05) is 25.6 Å². The number of furan rings is 1. The summed E-state index contributed by atoms with van der Waals surface area (Å²) in [5, 5.41) is 10.6. The van der Waals surface area contributed by atoms with Crippen LogP contribution in [0.2, 0.25) is 0 Å². The minimum atomic E-state index is -0.259. The molecule has 2 heterocycles. The highest BCUT2D eigenvalue weighted by molar-refractivity contribution is 7.13. The van der Waals surface area contributed by atoms with Gasteiger partial charge in [0, 0.05) is 13.7 Å². The van der Waals surface area contributed by atoms with Crippen LogP contribution in [-0.2, 0) is 11.3 Å². The van der Waals surface area contributed by atoms with Gasteiger partial charge in [0.1, 0.15) is 11.3 Å². The zero-order valence-electron chi connectivity index (χ0n) is 10.4. The summed E-state index contributed by atoms with van der Waals surface area (Å²) in [5.41, 5.74) is 1.56. The van der Waals surface area contributed by atoms with Crippen molar-refractivity contribution in [3.05, 3.63) is 29.7 Å². The van der Waals surface area contributed by atoms with Gasteiger partial charge in [0.15, 0.2) is 0 Å². The zero-order valence-corrected chi connectivity index (χ0v) is 11.2. The molecule has 0 atom stereocenters. The van der Waals surface area contributed by atoms with Crippen molar-refractivity contribution in [3.63, 3.8) is 0 Å². The van der Waals surface area contributed by atoms with E-state index in [1.165, 1.54) is 11.3 Å². The molecule has 2 rings (SSSR count). The molecule has 2 aromatic heterocycles. The monoisotopic (exact) mass is 282 g/mol. The molecule has 8 heteroatoms. The number of rotatable bonds is 6. The van der Waals surface area contributed by atoms with Gasteiger partial charge in [-0.2, -0.15) is 0 Å². The summed E-state index contributed by atoms with van der Waals surface area (Å²) >= 11 is 1.26. The van der Waals surface area contributed by atoms with Crippen LogP contribution in [0, 0.1) is 0 Å². The minimum Gasteiger partial charge on any atom is -0.467 e. The van der Waals surface area contributed by atoms with Crippen LogP contribution in [0.25, 0.3) is 0 Å². The maximum Gasteiger partial charge on any atom is 0.324 e. The number of aromatic nitrogens is 2. The molecule has 0 saturated heterocycles. The first-order valence-corrected chi connectivity index (χ1v) is 6.51. The maximum absolute atomic E-state index is 12.1. The molecule has 0 bridgehead atoms. The SMILES string of the molecule is COCCN(Cc1ccco1)C(=O)Nc1nncs1. The average molecular weight is 282 g/mol. The molecule has 0 unspecified atom stereocenters. The molecule has 0 fully saturated rings. The van der Waals surface area contributed by atoms with Crippen molar-refractivity contribution >= 4 is 22.5 Å². The molecule has 0 saturated carbocycles. The third-order valence-corrected chi connectivity index (χ3v) is 2.96. The molecule has 0 aliphatic rings. The minimum absolute atomic E-state index is 0.259. The van der Waals surface area contributed by atoms with Gasteiger partial charge in [-0.05, 0) is 12.1 Å². The lowest BCUT2D eigenvalue weighted by Gasteiger charge is -2.20. The molecule has 0 radical (unpaired) electrons. The van der Waals surface area contributed by atoms with E-state index in [0.717, 1.165) is 0 Å². The third-order valence-electron chi connectivity index (χ3n) is 2.35. The van der Waals surface area contributed by atoms with Gasteiger partial charge in [-0.15, -0.1) is 10.2 Å². The number of carbonyl (C=O) groups excluding carboxylic acids is 1. The highest BCUT2D eigenvalue weighted by Gasteiger charge is 2.16. The summed E-state index contributed by atoms with van der Waals surface area (Å²) in [5.74, 6) is 0.712. The number of nitrogens with zero attached hydrogens (tertiary/aromatic N) is 3. The van der Waals surface area contributed by atoms with Crippen LogP contribution in [0.3, 0.4) is 0 Å². The van der Waals surface area contributed by atoms with Crippen LogP contribution >= 0.6 is 11.3 Å². The van der Waals surface area contributed by atoms with Gasteiger partial charge in [0.2, 0.25) is 5.13 Å². The summed E-state index contributed by atoms with van der Waals surface area (Å²) in [4.78, 5) is 13.7. The van der Waals surface area contributed by atoms with Crippen LogP contribution in [0.5, 0.6) is 0 Å². The molecule has 19 heavy (non-hydrogen) atoms. The number of carbonyl (C=O) groups is 1. The van der Waals surface area contributed by atoms with Crippen LogP contribution in [0.1, 0.15) is 5.76 Å². The molecular weight excluding hydrogens is 268 g/mol. The predicted octanol–water partition coefficient (Wildman–Crippen LogP) is 1.81. The Balaban J connectivity index is 1.97. The Morgan fingerprint density at radius 1 is 1.63 bits per heavy atom. The van der Waals surface area contributed by atoms with E-state index in [1.807, 2.05) is 6.07 Å². The molecule has 1 N–H and O–H groups in total. The fourth-order valence-electron chi connectivity index (χ4n) is 1.44. The highest BCUT2D eigenvalue weighted by Crippen LogP contribution is 2.11. The van der Waals surface area contributed by atoms with Crippen molar-refractivity contribution in [2.24, 2.45) is 0 Å². The van der Waals surface area contributed by atoms with Crippen LogP contribution in [0.4, 0.5) is 9.93 Å². The number of ether oxygens (including phenoxy) is 1. The molecular formula is C11H14N4O3S. The summed E-state index contributed by atoms with van der Waals surface area (Å²) in [6, 6.07) is 3.34. The molecule has 2 aromatic rings. The normalized spacial score (nSPS) is 10.4. The smallest absolute Gasteiger partial charge is 0.324 e. The molecule has 0 spiro atoms. The fraction of sp³-hybridized carbons (Fsp3) is 0.364. The first-order chi connectivity index (χ1) is 9.29. The number of amides is 2. The molecule has 7 nitrogen and oxygen atoms in total. The van der Waals surface area contributed by atoms with Gasteiger partial charge in [-0.1, -0.05) is 11.3 Å². The Morgan fingerprint density at radius 3 is 3.16 bits per heavy atom. The van der Waals surface area contributed by atoms with E-state index in [4.69, 9.17) is 9.15 Å².